The van der Waals surface area contributed by atoms with Gasteiger partial charge in [0.2, 0.25) is 0 Å². The molecule has 2 unspecified atom stereocenters. The summed E-state index contributed by atoms with van der Waals surface area (Å²) in [5.74, 6) is 0. The van der Waals surface area contributed by atoms with Gasteiger partial charge in [-0.05, 0) is 13.3 Å². The van der Waals surface area contributed by atoms with Gasteiger partial charge in [-0.3, -0.25) is 0 Å². The summed E-state index contributed by atoms with van der Waals surface area (Å²) in [5.41, 5.74) is 5.65. The molecule has 5 heteroatoms. The van der Waals surface area contributed by atoms with Crippen molar-refractivity contribution in [2.75, 3.05) is 6.54 Å². The van der Waals surface area contributed by atoms with E-state index in [4.69, 9.17) is 5.73 Å². The number of nitrogens with two attached hydrogens (primary N) is 1. The fourth-order valence-corrected chi connectivity index (χ4v) is 1.24. The zero-order valence-corrected chi connectivity index (χ0v) is 8.69. The number of nitrogens with one attached hydrogen (secondary N) is 1. The minimum absolute atomic E-state index is 0.0457. The first-order valence-corrected chi connectivity index (χ1v) is 4.91. The minimum Gasteiger partial charge on any atom is -0.327 e. The van der Waals surface area contributed by atoms with Crippen molar-refractivity contribution in [1.82, 2.24) is 5.32 Å². The first-order chi connectivity index (χ1) is 6.35. The number of hydrogen-bond acceptors (Lipinski definition) is 2. The highest BCUT2D eigenvalue weighted by molar-refractivity contribution is 4.70. The van der Waals surface area contributed by atoms with Gasteiger partial charge in [-0.2, -0.15) is 13.2 Å². The largest absolute Gasteiger partial charge is 0.390 e. The SMILES string of the molecule is CCCC(N)CNC(C)CC(F)(F)F. The normalized spacial score (nSPS) is 16.7. The summed E-state index contributed by atoms with van der Waals surface area (Å²) < 4.78 is 35.7. The average molecular weight is 212 g/mol. The molecule has 0 saturated heterocycles. The standard InChI is InChI=1S/C9H19F3N2/c1-3-4-8(13)6-14-7(2)5-9(10,11)12/h7-8,14H,3-6,13H2,1-2H3. The Bertz CT molecular complexity index is 147. The Balaban J connectivity index is 3.58. The van der Waals surface area contributed by atoms with Gasteiger partial charge in [0.05, 0.1) is 6.42 Å². The summed E-state index contributed by atoms with van der Waals surface area (Å²) in [6, 6.07) is -0.603. The van der Waals surface area contributed by atoms with E-state index in [0.29, 0.717) is 6.54 Å². The number of hydrogen-bond donors (Lipinski definition) is 2. The molecule has 0 aromatic heterocycles. The molecule has 0 radical (unpaired) electrons. The van der Waals surface area contributed by atoms with Crippen LogP contribution in [0.5, 0.6) is 0 Å². The molecule has 3 N–H and O–H groups in total. The van der Waals surface area contributed by atoms with Gasteiger partial charge in [0, 0.05) is 18.6 Å². The maximum absolute atomic E-state index is 11.9. The quantitative estimate of drug-likeness (QED) is 0.707. The van der Waals surface area contributed by atoms with Crippen LogP contribution in [0.3, 0.4) is 0 Å². The Morgan fingerprint density at radius 2 is 1.93 bits per heavy atom. The molecule has 0 aliphatic heterocycles. The molecule has 0 rings (SSSR count). The molecule has 2 nitrogen and oxygen atoms in total. The van der Waals surface area contributed by atoms with Gasteiger partial charge in [-0.1, -0.05) is 13.3 Å². The second-order valence-corrected chi connectivity index (χ2v) is 3.68. The zero-order valence-electron chi connectivity index (χ0n) is 8.69. The number of halogens is 3. The molecule has 0 fully saturated rings. The summed E-state index contributed by atoms with van der Waals surface area (Å²) in [7, 11) is 0. The van der Waals surface area contributed by atoms with Gasteiger partial charge >= 0.3 is 6.18 Å². The molecule has 0 aromatic carbocycles. The summed E-state index contributed by atoms with van der Waals surface area (Å²) in [5, 5.41) is 2.78. The third-order valence-electron chi connectivity index (χ3n) is 1.93. The van der Waals surface area contributed by atoms with E-state index in [1.807, 2.05) is 6.92 Å². The summed E-state index contributed by atoms with van der Waals surface area (Å²) in [6.45, 7) is 3.97. The van der Waals surface area contributed by atoms with E-state index in [-0.39, 0.29) is 6.04 Å². The molecule has 0 spiro atoms. The lowest BCUT2D eigenvalue weighted by molar-refractivity contribution is -0.139. The Hall–Kier alpha value is -0.290. The van der Waals surface area contributed by atoms with Crippen LogP contribution in [-0.2, 0) is 0 Å². The van der Waals surface area contributed by atoms with Crippen LogP contribution < -0.4 is 11.1 Å². The van der Waals surface area contributed by atoms with Gasteiger partial charge in [0.1, 0.15) is 0 Å². The molecule has 0 heterocycles. The van der Waals surface area contributed by atoms with Crippen LogP contribution in [0.1, 0.15) is 33.1 Å². The Morgan fingerprint density at radius 1 is 1.36 bits per heavy atom. The average Bonchev–Trinajstić information content (AvgIpc) is 1.98. The maximum Gasteiger partial charge on any atom is 0.390 e. The van der Waals surface area contributed by atoms with Gasteiger partial charge in [-0.25, -0.2) is 0 Å². The smallest absolute Gasteiger partial charge is 0.327 e. The van der Waals surface area contributed by atoms with E-state index in [9.17, 15) is 13.2 Å². The third-order valence-corrected chi connectivity index (χ3v) is 1.93. The predicted octanol–water partition coefficient (Wildman–Crippen LogP) is 2.04. The van der Waals surface area contributed by atoms with Crippen molar-refractivity contribution >= 4 is 0 Å². The highest BCUT2D eigenvalue weighted by Gasteiger charge is 2.29. The first-order valence-electron chi connectivity index (χ1n) is 4.91. The van der Waals surface area contributed by atoms with Crippen molar-refractivity contribution in [3.8, 4) is 0 Å². The zero-order chi connectivity index (χ0) is 11.2. The lowest BCUT2D eigenvalue weighted by atomic mass is 10.1. The lowest BCUT2D eigenvalue weighted by Crippen LogP contribution is -2.40. The van der Waals surface area contributed by atoms with Crippen molar-refractivity contribution in [1.29, 1.82) is 0 Å². The first kappa shape index (κ1) is 13.7. The van der Waals surface area contributed by atoms with Crippen molar-refractivity contribution < 1.29 is 13.2 Å². The fraction of sp³-hybridized carbons (Fsp3) is 1.00. The maximum atomic E-state index is 11.9. The number of rotatable bonds is 6. The molecule has 2 atom stereocenters. The van der Waals surface area contributed by atoms with Crippen LogP contribution in [0.25, 0.3) is 0 Å². The van der Waals surface area contributed by atoms with Gasteiger partial charge < -0.3 is 11.1 Å². The molecule has 14 heavy (non-hydrogen) atoms. The van der Waals surface area contributed by atoms with Crippen molar-refractivity contribution in [3.05, 3.63) is 0 Å². The van der Waals surface area contributed by atoms with Crippen LogP contribution in [0.2, 0.25) is 0 Å². The topological polar surface area (TPSA) is 38.0 Å². The van der Waals surface area contributed by atoms with E-state index in [2.05, 4.69) is 5.32 Å². The van der Waals surface area contributed by atoms with Crippen molar-refractivity contribution in [3.63, 3.8) is 0 Å². The predicted molar refractivity (Wildman–Crippen MR) is 51.0 cm³/mol. The summed E-state index contributed by atoms with van der Waals surface area (Å²) >= 11 is 0. The minimum atomic E-state index is -4.10. The van der Waals surface area contributed by atoms with Crippen LogP contribution >= 0.6 is 0 Å². The molecule has 0 amide bonds. The van der Waals surface area contributed by atoms with Gasteiger partial charge in [-0.15, -0.1) is 0 Å². The third kappa shape index (κ3) is 8.31. The van der Waals surface area contributed by atoms with E-state index < -0.39 is 18.6 Å². The van der Waals surface area contributed by atoms with E-state index >= 15 is 0 Å². The Morgan fingerprint density at radius 3 is 2.36 bits per heavy atom. The van der Waals surface area contributed by atoms with Gasteiger partial charge in [0.25, 0.3) is 0 Å². The molecule has 0 aliphatic rings. The molecular weight excluding hydrogens is 193 g/mol. The van der Waals surface area contributed by atoms with Crippen molar-refractivity contribution in [2.45, 2.75) is 51.4 Å². The molecule has 0 aromatic rings. The van der Waals surface area contributed by atoms with E-state index in [0.717, 1.165) is 12.8 Å². The molecule has 0 saturated carbocycles. The second kappa shape index (κ2) is 6.24. The van der Waals surface area contributed by atoms with Crippen LogP contribution in [0.4, 0.5) is 13.2 Å². The van der Waals surface area contributed by atoms with Crippen LogP contribution in [0, 0.1) is 0 Å². The highest BCUT2D eigenvalue weighted by Crippen LogP contribution is 2.21. The Kier molecular flexibility index (Phi) is 6.11. The van der Waals surface area contributed by atoms with Crippen LogP contribution in [0.15, 0.2) is 0 Å². The van der Waals surface area contributed by atoms with E-state index in [1.54, 1.807) is 0 Å². The molecular formula is C9H19F3N2. The molecule has 0 aliphatic carbocycles. The fourth-order valence-electron chi connectivity index (χ4n) is 1.24. The summed E-state index contributed by atoms with van der Waals surface area (Å²) in [6.07, 6.45) is -3.10. The summed E-state index contributed by atoms with van der Waals surface area (Å²) in [4.78, 5) is 0. The lowest BCUT2D eigenvalue weighted by Gasteiger charge is -2.18. The molecule has 86 valence electrons. The van der Waals surface area contributed by atoms with Crippen molar-refractivity contribution in [2.24, 2.45) is 5.73 Å². The monoisotopic (exact) mass is 212 g/mol. The van der Waals surface area contributed by atoms with Crippen LogP contribution in [-0.4, -0.2) is 24.8 Å². The second-order valence-electron chi connectivity index (χ2n) is 3.68. The molecule has 0 bridgehead atoms. The van der Waals surface area contributed by atoms with E-state index in [1.165, 1.54) is 6.92 Å². The van der Waals surface area contributed by atoms with Gasteiger partial charge in [0.15, 0.2) is 0 Å². The number of alkyl halides is 3. The Labute approximate surface area is 83.0 Å². The highest BCUT2D eigenvalue weighted by atomic mass is 19.4.